The van der Waals surface area contributed by atoms with Crippen molar-refractivity contribution in [3.63, 3.8) is 0 Å². The second-order valence-electron chi connectivity index (χ2n) is 2.72. The van der Waals surface area contributed by atoms with Crippen LogP contribution in [0.4, 0.5) is 0 Å². The van der Waals surface area contributed by atoms with E-state index in [1.54, 1.807) is 6.08 Å². The lowest BCUT2D eigenvalue weighted by atomic mass is 10.2. The third kappa shape index (κ3) is 3.66. The zero-order chi connectivity index (χ0) is 10.4. The summed E-state index contributed by atoms with van der Waals surface area (Å²) in [7, 11) is 0. The molecule has 1 aromatic rings. The molecule has 0 bridgehead atoms. The molecule has 0 fully saturated rings. The number of allylic oxidation sites excluding steroid dienone is 1. The van der Waals surface area contributed by atoms with E-state index in [1.807, 2.05) is 24.3 Å². The van der Waals surface area contributed by atoms with Gasteiger partial charge in [-0.25, -0.2) is 0 Å². The summed E-state index contributed by atoms with van der Waals surface area (Å²) in [5.41, 5.74) is 0.937. The molecule has 0 aliphatic heterocycles. The molecule has 2 nitrogen and oxygen atoms in total. The monoisotopic (exact) mass is 252 g/mol. The molecular formula is C11H9BrO2. The van der Waals surface area contributed by atoms with Gasteiger partial charge in [-0.3, -0.25) is 4.79 Å². The predicted molar refractivity (Wildman–Crippen MR) is 58.9 cm³/mol. The molecule has 0 aromatic heterocycles. The van der Waals surface area contributed by atoms with Crippen LogP contribution in [0.15, 0.2) is 34.8 Å². The maximum absolute atomic E-state index is 11.0. The highest BCUT2D eigenvalue weighted by Gasteiger charge is 1.93. The summed E-state index contributed by atoms with van der Waals surface area (Å²) in [6.45, 7) is 0. The molecule has 0 unspecified atom stereocenters. The van der Waals surface area contributed by atoms with Crippen LogP contribution in [-0.4, -0.2) is 12.1 Å². The van der Waals surface area contributed by atoms with Crippen LogP contribution >= 0.6 is 15.9 Å². The van der Waals surface area contributed by atoms with Gasteiger partial charge in [-0.1, -0.05) is 34.1 Å². The van der Waals surface area contributed by atoms with E-state index >= 15 is 0 Å². The average Bonchev–Trinajstić information content (AvgIpc) is 2.17. The van der Waals surface area contributed by atoms with Crippen LogP contribution in [0.2, 0.25) is 0 Å². The van der Waals surface area contributed by atoms with Crippen molar-refractivity contribution < 1.29 is 9.59 Å². The van der Waals surface area contributed by atoms with Crippen molar-refractivity contribution in [2.75, 3.05) is 0 Å². The zero-order valence-electron chi connectivity index (χ0n) is 7.44. The van der Waals surface area contributed by atoms with Crippen molar-refractivity contribution in [2.45, 2.75) is 6.42 Å². The number of rotatable bonds is 4. The highest BCUT2D eigenvalue weighted by atomic mass is 79.9. The number of carbonyl (C=O) groups is 2. The molecule has 0 aliphatic carbocycles. The van der Waals surface area contributed by atoms with Crippen LogP contribution in [0.3, 0.4) is 0 Å². The highest BCUT2D eigenvalue weighted by Crippen LogP contribution is 2.11. The SMILES string of the molecule is O=CCC(=O)C=Cc1ccc(Br)cc1. The summed E-state index contributed by atoms with van der Waals surface area (Å²) in [6, 6.07) is 7.55. The molecule has 0 saturated heterocycles. The Morgan fingerprint density at radius 2 is 1.93 bits per heavy atom. The lowest BCUT2D eigenvalue weighted by Gasteiger charge is -1.92. The third-order valence-corrected chi connectivity index (χ3v) is 2.14. The predicted octanol–water partition coefficient (Wildman–Crippen LogP) is 2.62. The van der Waals surface area contributed by atoms with E-state index < -0.39 is 0 Å². The molecule has 0 atom stereocenters. The molecule has 0 saturated carbocycles. The van der Waals surface area contributed by atoms with Crippen LogP contribution < -0.4 is 0 Å². The van der Waals surface area contributed by atoms with Crippen LogP contribution in [0.5, 0.6) is 0 Å². The van der Waals surface area contributed by atoms with Gasteiger partial charge in [0, 0.05) is 4.47 Å². The lowest BCUT2D eigenvalue weighted by molar-refractivity contribution is -0.118. The zero-order valence-corrected chi connectivity index (χ0v) is 9.03. The van der Waals surface area contributed by atoms with Gasteiger partial charge in [0.1, 0.15) is 6.29 Å². The molecule has 72 valence electrons. The Morgan fingerprint density at radius 1 is 1.29 bits per heavy atom. The Balaban J connectivity index is 2.64. The van der Waals surface area contributed by atoms with Gasteiger partial charge >= 0.3 is 0 Å². The normalized spacial score (nSPS) is 10.4. The first-order chi connectivity index (χ1) is 6.72. The Kier molecular flexibility index (Phi) is 4.26. The van der Waals surface area contributed by atoms with Gasteiger partial charge in [0.05, 0.1) is 6.42 Å². The fourth-order valence-electron chi connectivity index (χ4n) is 0.913. The maximum atomic E-state index is 11.0. The van der Waals surface area contributed by atoms with Crippen LogP contribution in [0.25, 0.3) is 6.08 Å². The minimum atomic E-state index is -0.178. The summed E-state index contributed by atoms with van der Waals surface area (Å²) in [5, 5.41) is 0. The van der Waals surface area contributed by atoms with Crippen LogP contribution in [0, 0.1) is 0 Å². The van der Waals surface area contributed by atoms with E-state index in [-0.39, 0.29) is 12.2 Å². The number of benzene rings is 1. The molecule has 3 heteroatoms. The average molecular weight is 253 g/mol. The molecule has 0 spiro atoms. The molecule has 14 heavy (non-hydrogen) atoms. The second-order valence-corrected chi connectivity index (χ2v) is 3.64. The van der Waals surface area contributed by atoms with E-state index in [1.165, 1.54) is 6.08 Å². The van der Waals surface area contributed by atoms with E-state index in [4.69, 9.17) is 0 Å². The Labute approximate surface area is 90.8 Å². The van der Waals surface area contributed by atoms with E-state index in [2.05, 4.69) is 15.9 Å². The van der Waals surface area contributed by atoms with Crippen molar-refractivity contribution in [1.29, 1.82) is 0 Å². The van der Waals surface area contributed by atoms with Gasteiger partial charge in [0.15, 0.2) is 5.78 Å². The number of carbonyl (C=O) groups excluding carboxylic acids is 2. The summed E-state index contributed by atoms with van der Waals surface area (Å²) >= 11 is 3.31. The van der Waals surface area contributed by atoms with E-state index in [0.29, 0.717) is 6.29 Å². The smallest absolute Gasteiger partial charge is 0.162 e. The van der Waals surface area contributed by atoms with Crippen molar-refractivity contribution in [1.82, 2.24) is 0 Å². The molecular weight excluding hydrogens is 244 g/mol. The number of hydrogen-bond acceptors (Lipinski definition) is 2. The van der Waals surface area contributed by atoms with E-state index in [9.17, 15) is 9.59 Å². The number of halogens is 1. The summed E-state index contributed by atoms with van der Waals surface area (Å²) in [5.74, 6) is -0.178. The highest BCUT2D eigenvalue weighted by molar-refractivity contribution is 9.10. The molecule has 0 amide bonds. The van der Waals surface area contributed by atoms with Crippen molar-refractivity contribution in [3.8, 4) is 0 Å². The van der Waals surface area contributed by atoms with Crippen molar-refractivity contribution in [3.05, 3.63) is 40.4 Å². The first kappa shape index (κ1) is 10.9. The summed E-state index contributed by atoms with van der Waals surface area (Å²) in [6.07, 6.45) is 3.66. The molecule has 0 radical (unpaired) electrons. The molecule has 0 aliphatic rings. The standard InChI is InChI=1S/C11H9BrO2/c12-10-4-1-9(2-5-10)3-6-11(14)7-8-13/h1-6,8H,7H2. The van der Waals surface area contributed by atoms with Gasteiger partial charge < -0.3 is 4.79 Å². The minimum Gasteiger partial charge on any atom is -0.303 e. The van der Waals surface area contributed by atoms with Gasteiger partial charge in [0.2, 0.25) is 0 Å². The Hall–Kier alpha value is -1.22. The fourth-order valence-corrected chi connectivity index (χ4v) is 1.18. The molecule has 0 N–H and O–H groups in total. The summed E-state index contributed by atoms with van der Waals surface area (Å²) in [4.78, 5) is 21.0. The van der Waals surface area contributed by atoms with E-state index in [0.717, 1.165) is 10.0 Å². The van der Waals surface area contributed by atoms with Gasteiger partial charge in [-0.05, 0) is 23.8 Å². The second kappa shape index (κ2) is 5.50. The maximum Gasteiger partial charge on any atom is 0.162 e. The first-order valence-corrected chi connectivity index (χ1v) is 4.92. The molecule has 1 aromatic carbocycles. The Bertz CT molecular complexity index is 352. The summed E-state index contributed by atoms with van der Waals surface area (Å²) < 4.78 is 0.994. The van der Waals surface area contributed by atoms with Gasteiger partial charge in [-0.2, -0.15) is 0 Å². The largest absolute Gasteiger partial charge is 0.303 e. The molecule has 1 rings (SSSR count). The number of hydrogen-bond donors (Lipinski definition) is 0. The van der Waals surface area contributed by atoms with Gasteiger partial charge in [0.25, 0.3) is 0 Å². The lowest BCUT2D eigenvalue weighted by Crippen LogP contribution is -1.91. The quantitative estimate of drug-likeness (QED) is 0.469. The molecule has 0 heterocycles. The fraction of sp³-hybridized carbons (Fsp3) is 0.0909. The van der Waals surface area contributed by atoms with Gasteiger partial charge in [-0.15, -0.1) is 0 Å². The third-order valence-electron chi connectivity index (χ3n) is 1.62. The number of ketones is 1. The minimum absolute atomic E-state index is 0.0486. The van der Waals surface area contributed by atoms with Crippen LogP contribution in [-0.2, 0) is 9.59 Å². The Morgan fingerprint density at radius 3 is 2.50 bits per heavy atom. The first-order valence-electron chi connectivity index (χ1n) is 4.12. The van der Waals surface area contributed by atoms with Crippen molar-refractivity contribution in [2.24, 2.45) is 0 Å². The topological polar surface area (TPSA) is 34.1 Å². The van der Waals surface area contributed by atoms with Crippen molar-refractivity contribution >= 4 is 34.1 Å². The van der Waals surface area contributed by atoms with Crippen LogP contribution in [0.1, 0.15) is 12.0 Å². The number of aldehydes is 1.